The molecule has 2 N–H and O–H groups in total. The van der Waals surface area contributed by atoms with E-state index in [1.54, 1.807) is 7.11 Å². The van der Waals surface area contributed by atoms with E-state index in [1.165, 1.54) is 10.9 Å². The van der Waals surface area contributed by atoms with Crippen LogP contribution in [0.25, 0.3) is 10.9 Å². The molecule has 1 aromatic heterocycles. The van der Waals surface area contributed by atoms with Gasteiger partial charge in [0, 0.05) is 23.3 Å². The molecule has 1 saturated carbocycles. The topological polar surface area (TPSA) is 54.1 Å². The maximum absolute atomic E-state index is 12.7. The van der Waals surface area contributed by atoms with E-state index < -0.39 is 5.41 Å². The summed E-state index contributed by atoms with van der Waals surface area (Å²) in [5, 5.41) is 4.23. The van der Waals surface area contributed by atoms with E-state index in [4.69, 9.17) is 4.74 Å². The number of rotatable bonds is 2. The molecule has 1 aliphatic heterocycles. The Balaban J connectivity index is 1.61. The Kier molecular flexibility index (Phi) is 2.31. The number of ether oxygens (including phenoxy) is 1. The van der Waals surface area contributed by atoms with Crippen LogP contribution in [0.3, 0.4) is 0 Å². The quantitative estimate of drug-likeness (QED) is 0.760. The van der Waals surface area contributed by atoms with Gasteiger partial charge in [0.25, 0.3) is 0 Å². The highest BCUT2D eigenvalue weighted by Gasteiger charge is 2.65. The number of aromatic nitrogens is 1. The van der Waals surface area contributed by atoms with Crippen molar-refractivity contribution < 1.29 is 9.53 Å². The summed E-state index contributed by atoms with van der Waals surface area (Å²) < 4.78 is 5.34. The lowest BCUT2D eigenvalue weighted by molar-refractivity contribution is -0.118. The number of fused-ring (bicyclic) bond motifs is 3. The zero-order valence-electron chi connectivity index (χ0n) is 12.7. The maximum atomic E-state index is 12.7. The van der Waals surface area contributed by atoms with Crippen LogP contribution in [0.5, 0.6) is 5.75 Å². The molecule has 1 fully saturated rings. The smallest absolute Gasteiger partial charge is 0.235 e. The molecule has 23 heavy (non-hydrogen) atoms. The maximum Gasteiger partial charge on any atom is 0.235 e. The first kappa shape index (κ1) is 12.8. The lowest BCUT2D eigenvalue weighted by Gasteiger charge is -2.10. The Morgan fingerprint density at radius 2 is 2.09 bits per heavy atom. The van der Waals surface area contributed by atoms with E-state index in [1.807, 2.05) is 24.4 Å². The van der Waals surface area contributed by atoms with Crippen molar-refractivity contribution in [1.82, 2.24) is 4.98 Å². The molecule has 114 valence electrons. The van der Waals surface area contributed by atoms with Crippen molar-refractivity contribution in [2.75, 3.05) is 12.4 Å². The largest absolute Gasteiger partial charge is 0.497 e. The van der Waals surface area contributed by atoms with Crippen LogP contribution < -0.4 is 10.1 Å². The van der Waals surface area contributed by atoms with Crippen molar-refractivity contribution in [3.05, 3.63) is 59.8 Å². The second kappa shape index (κ2) is 4.16. The minimum Gasteiger partial charge on any atom is -0.497 e. The van der Waals surface area contributed by atoms with Gasteiger partial charge in [0.15, 0.2) is 0 Å². The van der Waals surface area contributed by atoms with Gasteiger partial charge >= 0.3 is 0 Å². The van der Waals surface area contributed by atoms with Crippen LogP contribution >= 0.6 is 0 Å². The Hall–Kier alpha value is -2.75. The molecule has 5 rings (SSSR count). The fourth-order valence-electron chi connectivity index (χ4n) is 3.98. The normalized spacial score (nSPS) is 24.7. The molecular weight excluding hydrogens is 288 g/mol. The molecule has 3 aromatic rings. The van der Waals surface area contributed by atoms with Gasteiger partial charge in [-0.2, -0.15) is 0 Å². The number of aromatic amines is 1. The number of H-pyrrole nitrogens is 1. The molecule has 4 nitrogen and oxygen atoms in total. The molecule has 0 bridgehead atoms. The molecule has 1 amide bonds. The summed E-state index contributed by atoms with van der Waals surface area (Å²) in [6.07, 6.45) is 2.80. The molecule has 1 aliphatic carbocycles. The van der Waals surface area contributed by atoms with Crippen LogP contribution in [0.1, 0.15) is 23.5 Å². The Bertz CT molecular complexity index is 959. The molecule has 2 heterocycles. The summed E-state index contributed by atoms with van der Waals surface area (Å²) in [6.45, 7) is 0. The van der Waals surface area contributed by atoms with Crippen LogP contribution in [0.15, 0.2) is 48.7 Å². The summed E-state index contributed by atoms with van der Waals surface area (Å²) in [7, 11) is 1.65. The zero-order chi connectivity index (χ0) is 15.6. The SMILES string of the molecule is COc1ccc2c(c1)[C@]1(C[C@H]1c1ccc3cc[nH]c3c1)C(=O)N2. The Morgan fingerprint density at radius 3 is 2.96 bits per heavy atom. The van der Waals surface area contributed by atoms with Gasteiger partial charge in [0.1, 0.15) is 5.75 Å². The highest BCUT2D eigenvalue weighted by Crippen LogP contribution is 2.65. The van der Waals surface area contributed by atoms with Crippen LogP contribution in [0.2, 0.25) is 0 Å². The molecule has 0 saturated heterocycles. The van der Waals surface area contributed by atoms with Gasteiger partial charge < -0.3 is 15.0 Å². The Labute approximate surface area is 133 Å². The lowest BCUT2D eigenvalue weighted by atomic mass is 9.91. The lowest BCUT2D eigenvalue weighted by Crippen LogP contribution is -2.21. The summed E-state index contributed by atoms with van der Waals surface area (Å²) >= 11 is 0. The predicted octanol–water partition coefficient (Wildman–Crippen LogP) is 3.55. The fourth-order valence-corrected chi connectivity index (χ4v) is 3.98. The molecule has 0 unspecified atom stereocenters. The van der Waals surface area contributed by atoms with Crippen LogP contribution in [-0.4, -0.2) is 18.0 Å². The van der Waals surface area contributed by atoms with Gasteiger partial charge in [0.05, 0.1) is 12.5 Å². The summed E-state index contributed by atoms with van der Waals surface area (Å²) in [4.78, 5) is 15.9. The fraction of sp³-hybridized carbons (Fsp3) is 0.211. The minimum atomic E-state index is -0.426. The van der Waals surface area contributed by atoms with Gasteiger partial charge in [-0.05, 0) is 53.3 Å². The third kappa shape index (κ3) is 1.58. The van der Waals surface area contributed by atoms with Crippen molar-refractivity contribution in [2.45, 2.75) is 17.8 Å². The van der Waals surface area contributed by atoms with Crippen LogP contribution in [-0.2, 0) is 10.2 Å². The Morgan fingerprint density at radius 1 is 1.17 bits per heavy atom. The predicted molar refractivity (Wildman–Crippen MR) is 89.0 cm³/mol. The summed E-state index contributed by atoms with van der Waals surface area (Å²) in [6, 6.07) is 14.3. The number of hydrogen-bond acceptors (Lipinski definition) is 2. The highest BCUT2D eigenvalue weighted by molar-refractivity contribution is 6.10. The first-order valence-electron chi connectivity index (χ1n) is 7.79. The van der Waals surface area contributed by atoms with Crippen molar-refractivity contribution in [3.63, 3.8) is 0 Å². The number of amides is 1. The third-order valence-electron chi connectivity index (χ3n) is 5.30. The minimum absolute atomic E-state index is 0.109. The van der Waals surface area contributed by atoms with Crippen molar-refractivity contribution in [2.24, 2.45) is 0 Å². The number of methoxy groups -OCH3 is 1. The van der Waals surface area contributed by atoms with Crippen LogP contribution in [0, 0.1) is 0 Å². The van der Waals surface area contributed by atoms with Gasteiger partial charge in [-0.3, -0.25) is 4.79 Å². The summed E-state index contributed by atoms with van der Waals surface area (Å²) in [5.74, 6) is 1.13. The number of hydrogen-bond donors (Lipinski definition) is 2. The van der Waals surface area contributed by atoms with Gasteiger partial charge in [-0.15, -0.1) is 0 Å². The number of nitrogens with one attached hydrogen (secondary N) is 2. The second-order valence-corrected chi connectivity index (χ2v) is 6.42. The zero-order valence-corrected chi connectivity index (χ0v) is 12.7. The molecule has 1 spiro atoms. The van der Waals surface area contributed by atoms with E-state index in [0.717, 1.165) is 28.9 Å². The van der Waals surface area contributed by atoms with E-state index in [-0.39, 0.29) is 11.8 Å². The average Bonchev–Trinajstić information content (AvgIpc) is 3.05. The molecule has 0 radical (unpaired) electrons. The monoisotopic (exact) mass is 304 g/mol. The number of carbonyl (C=O) groups is 1. The standard InChI is InChI=1S/C19H16N2O2/c1-23-13-4-5-16-14(9-13)19(18(22)21-16)10-15(19)12-3-2-11-6-7-20-17(11)8-12/h2-9,15,20H,10H2,1H3,(H,21,22)/t15-,19-/m0/s1. The second-order valence-electron chi connectivity index (χ2n) is 6.42. The third-order valence-corrected chi connectivity index (χ3v) is 5.30. The van der Waals surface area contributed by atoms with Gasteiger partial charge in [-0.1, -0.05) is 12.1 Å². The number of benzene rings is 2. The average molecular weight is 304 g/mol. The summed E-state index contributed by atoms with van der Waals surface area (Å²) in [5.41, 5.74) is 3.89. The molecule has 2 aromatic carbocycles. The van der Waals surface area contributed by atoms with E-state index in [9.17, 15) is 4.79 Å². The van der Waals surface area contributed by atoms with Crippen molar-refractivity contribution in [3.8, 4) is 5.75 Å². The van der Waals surface area contributed by atoms with Gasteiger partial charge in [-0.25, -0.2) is 0 Å². The van der Waals surface area contributed by atoms with Crippen LogP contribution in [0.4, 0.5) is 5.69 Å². The van der Waals surface area contributed by atoms with E-state index in [2.05, 4.69) is 34.6 Å². The van der Waals surface area contributed by atoms with E-state index >= 15 is 0 Å². The molecular formula is C19H16N2O2. The highest BCUT2D eigenvalue weighted by atomic mass is 16.5. The molecule has 2 atom stereocenters. The van der Waals surface area contributed by atoms with Gasteiger partial charge in [0.2, 0.25) is 5.91 Å². The van der Waals surface area contributed by atoms with Crippen molar-refractivity contribution in [1.29, 1.82) is 0 Å². The first-order chi connectivity index (χ1) is 11.2. The molecule has 4 heteroatoms. The molecule has 2 aliphatic rings. The van der Waals surface area contributed by atoms with E-state index in [0.29, 0.717) is 0 Å². The number of carbonyl (C=O) groups excluding carboxylic acids is 1. The first-order valence-corrected chi connectivity index (χ1v) is 7.79. The van der Waals surface area contributed by atoms with Crippen molar-refractivity contribution >= 4 is 22.5 Å². The number of anilines is 1.